The average molecular weight is 212 g/mol. The molecule has 0 saturated heterocycles. The molecule has 0 aliphatic rings. The summed E-state index contributed by atoms with van der Waals surface area (Å²) in [6, 6.07) is 5.31. The van der Waals surface area contributed by atoms with E-state index in [1.165, 1.54) is 0 Å². The Balaban J connectivity index is 3.03. The lowest BCUT2D eigenvalue weighted by Crippen LogP contribution is -2.07. The number of carbonyl (C=O) groups excluding carboxylic acids is 1. The number of anilines is 1. The average Bonchev–Trinajstić information content (AvgIpc) is 2.16. The molecule has 0 saturated carbocycles. The van der Waals surface area contributed by atoms with Crippen LogP contribution in [-0.2, 0) is 0 Å². The number of carbonyl (C=O) groups is 1. The zero-order chi connectivity index (χ0) is 10.7. The second-order valence-corrected chi connectivity index (χ2v) is 3.87. The van der Waals surface area contributed by atoms with Gasteiger partial charge < -0.3 is 5.32 Å². The summed E-state index contributed by atoms with van der Waals surface area (Å²) in [4.78, 5) is 11.6. The number of Topliss-reactive ketones (excluding diaryl/α,β-unsaturated/α-hetero) is 1. The summed E-state index contributed by atoms with van der Waals surface area (Å²) in [5, 5.41) is 3.53. The molecular weight excluding hydrogens is 198 g/mol. The number of ketones is 1. The van der Waals surface area contributed by atoms with E-state index in [1.54, 1.807) is 19.2 Å². The van der Waals surface area contributed by atoms with Crippen molar-refractivity contribution in [1.82, 2.24) is 0 Å². The van der Waals surface area contributed by atoms with Gasteiger partial charge in [0.25, 0.3) is 0 Å². The molecule has 0 aliphatic carbocycles. The predicted octanol–water partition coefficient (Wildman–Crippen LogP) is 3.22. The van der Waals surface area contributed by atoms with Crippen LogP contribution in [0.25, 0.3) is 0 Å². The van der Waals surface area contributed by atoms with Crippen molar-refractivity contribution in [1.29, 1.82) is 0 Å². The molecule has 1 N–H and O–H groups in total. The normalized spacial score (nSPS) is 10.4. The molecule has 0 bridgehead atoms. The van der Waals surface area contributed by atoms with Crippen molar-refractivity contribution in [3.8, 4) is 0 Å². The van der Waals surface area contributed by atoms with Crippen LogP contribution < -0.4 is 5.32 Å². The van der Waals surface area contributed by atoms with E-state index in [0.29, 0.717) is 10.6 Å². The highest BCUT2D eigenvalue weighted by Gasteiger charge is 2.11. The van der Waals surface area contributed by atoms with Gasteiger partial charge in [-0.15, -0.1) is 0 Å². The first kappa shape index (κ1) is 11.1. The van der Waals surface area contributed by atoms with E-state index in [1.807, 2.05) is 19.9 Å². The molecule has 14 heavy (non-hydrogen) atoms. The van der Waals surface area contributed by atoms with Crippen molar-refractivity contribution in [3.05, 3.63) is 28.8 Å². The topological polar surface area (TPSA) is 29.1 Å². The Morgan fingerprint density at radius 3 is 2.50 bits per heavy atom. The third-order valence-corrected chi connectivity index (χ3v) is 2.36. The molecule has 0 aromatic heterocycles. The van der Waals surface area contributed by atoms with Crippen LogP contribution in [0.4, 0.5) is 5.69 Å². The van der Waals surface area contributed by atoms with Crippen LogP contribution in [0.3, 0.4) is 0 Å². The van der Waals surface area contributed by atoms with Crippen LogP contribution in [0.1, 0.15) is 24.2 Å². The zero-order valence-electron chi connectivity index (χ0n) is 8.60. The van der Waals surface area contributed by atoms with Crippen molar-refractivity contribution in [2.75, 3.05) is 12.4 Å². The monoisotopic (exact) mass is 211 g/mol. The van der Waals surface area contributed by atoms with Gasteiger partial charge in [-0.1, -0.05) is 25.4 Å². The Bertz CT molecular complexity index is 347. The fourth-order valence-electron chi connectivity index (χ4n) is 1.20. The van der Waals surface area contributed by atoms with Gasteiger partial charge in [0, 0.05) is 18.5 Å². The second kappa shape index (κ2) is 4.47. The summed E-state index contributed by atoms with van der Waals surface area (Å²) in [6.07, 6.45) is 0. The van der Waals surface area contributed by atoms with Gasteiger partial charge in [0.05, 0.1) is 10.7 Å². The molecule has 0 radical (unpaired) electrons. The summed E-state index contributed by atoms with van der Waals surface area (Å²) in [7, 11) is 1.80. The number of nitrogens with one attached hydrogen (secondary N) is 1. The largest absolute Gasteiger partial charge is 0.387 e. The lowest BCUT2D eigenvalue weighted by molar-refractivity contribution is 0.0939. The fourth-order valence-corrected chi connectivity index (χ4v) is 1.48. The van der Waals surface area contributed by atoms with Gasteiger partial charge in [0.2, 0.25) is 0 Å². The molecule has 0 atom stereocenters. The summed E-state index contributed by atoms with van der Waals surface area (Å²) >= 11 is 5.96. The van der Waals surface area contributed by atoms with Gasteiger partial charge in [-0.3, -0.25) is 4.79 Å². The number of rotatable bonds is 3. The predicted molar refractivity (Wildman–Crippen MR) is 60.2 cm³/mol. The Morgan fingerprint density at radius 2 is 2.07 bits per heavy atom. The molecule has 1 aromatic rings. The molecule has 76 valence electrons. The van der Waals surface area contributed by atoms with Gasteiger partial charge in [-0.2, -0.15) is 0 Å². The standard InChI is InChI=1S/C11H14ClNO/c1-7(2)11(14)8-4-5-10(13-3)9(12)6-8/h4-7,13H,1-3H3. The Morgan fingerprint density at radius 1 is 1.43 bits per heavy atom. The van der Waals surface area contributed by atoms with E-state index in [4.69, 9.17) is 11.6 Å². The van der Waals surface area contributed by atoms with Crippen LogP contribution >= 0.6 is 11.6 Å². The van der Waals surface area contributed by atoms with Gasteiger partial charge >= 0.3 is 0 Å². The summed E-state index contributed by atoms with van der Waals surface area (Å²) in [6.45, 7) is 3.75. The van der Waals surface area contributed by atoms with Crippen LogP contribution in [-0.4, -0.2) is 12.8 Å². The number of benzene rings is 1. The number of hydrogen-bond donors (Lipinski definition) is 1. The van der Waals surface area contributed by atoms with Crippen molar-refractivity contribution >= 4 is 23.1 Å². The Kier molecular flexibility index (Phi) is 3.53. The van der Waals surface area contributed by atoms with E-state index in [2.05, 4.69) is 5.32 Å². The molecule has 0 amide bonds. The molecule has 1 aromatic carbocycles. The zero-order valence-corrected chi connectivity index (χ0v) is 9.35. The highest BCUT2D eigenvalue weighted by Crippen LogP contribution is 2.23. The minimum absolute atomic E-state index is 0.00602. The molecule has 1 rings (SSSR count). The van der Waals surface area contributed by atoms with Crippen molar-refractivity contribution < 1.29 is 4.79 Å². The molecular formula is C11H14ClNO. The lowest BCUT2D eigenvalue weighted by atomic mass is 10.0. The fraction of sp³-hybridized carbons (Fsp3) is 0.364. The maximum atomic E-state index is 11.6. The maximum absolute atomic E-state index is 11.6. The lowest BCUT2D eigenvalue weighted by Gasteiger charge is -2.07. The molecule has 0 spiro atoms. The Hall–Kier alpha value is -1.02. The van der Waals surface area contributed by atoms with E-state index in [-0.39, 0.29) is 11.7 Å². The van der Waals surface area contributed by atoms with Crippen molar-refractivity contribution in [2.24, 2.45) is 5.92 Å². The maximum Gasteiger partial charge on any atom is 0.165 e. The molecule has 0 heterocycles. The summed E-state index contributed by atoms with van der Waals surface area (Å²) in [5.41, 5.74) is 1.51. The summed E-state index contributed by atoms with van der Waals surface area (Å²) in [5.74, 6) is 0.126. The SMILES string of the molecule is CNc1ccc(C(=O)C(C)C)cc1Cl. The highest BCUT2D eigenvalue weighted by molar-refractivity contribution is 6.33. The third kappa shape index (κ3) is 2.26. The van der Waals surface area contributed by atoms with E-state index < -0.39 is 0 Å². The van der Waals surface area contributed by atoms with Crippen LogP contribution in [0.15, 0.2) is 18.2 Å². The van der Waals surface area contributed by atoms with Crippen LogP contribution in [0, 0.1) is 5.92 Å². The molecule has 0 aliphatic heterocycles. The number of hydrogen-bond acceptors (Lipinski definition) is 2. The van der Waals surface area contributed by atoms with Gasteiger partial charge in [0.1, 0.15) is 0 Å². The first-order valence-corrected chi connectivity index (χ1v) is 4.95. The molecule has 3 heteroatoms. The summed E-state index contributed by atoms with van der Waals surface area (Å²) < 4.78 is 0. The third-order valence-electron chi connectivity index (χ3n) is 2.05. The Labute approximate surface area is 89.3 Å². The first-order valence-electron chi connectivity index (χ1n) is 4.57. The van der Waals surface area contributed by atoms with E-state index >= 15 is 0 Å². The van der Waals surface area contributed by atoms with Crippen LogP contribution in [0.2, 0.25) is 5.02 Å². The second-order valence-electron chi connectivity index (χ2n) is 3.46. The van der Waals surface area contributed by atoms with Gasteiger partial charge in [0.15, 0.2) is 5.78 Å². The smallest absolute Gasteiger partial charge is 0.165 e. The highest BCUT2D eigenvalue weighted by atomic mass is 35.5. The van der Waals surface area contributed by atoms with Crippen molar-refractivity contribution in [2.45, 2.75) is 13.8 Å². The van der Waals surface area contributed by atoms with E-state index in [0.717, 1.165) is 5.69 Å². The van der Waals surface area contributed by atoms with E-state index in [9.17, 15) is 4.79 Å². The van der Waals surface area contributed by atoms with Gasteiger partial charge in [-0.25, -0.2) is 0 Å². The number of halogens is 1. The molecule has 0 fully saturated rings. The molecule has 2 nitrogen and oxygen atoms in total. The minimum atomic E-state index is 0.00602. The quantitative estimate of drug-likeness (QED) is 0.778. The molecule has 0 unspecified atom stereocenters. The van der Waals surface area contributed by atoms with Crippen molar-refractivity contribution in [3.63, 3.8) is 0 Å². The minimum Gasteiger partial charge on any atom is -0.387 e. The van der Waals surface area contributed by atoms with Gasteiger partial charge in [-0.05, 0) is 18.2 Å². The van der Waals surface area contributed by atoms with Crippen LogP contribution in [0.5, 0.6) is 0 Å². The first-order chi connectivity index (χ1) is 6.56.